The van der Waals surface area contributed by atoms with Crippen LogP contribution in [-0.2, 0) is 16.2 Å². The standard InChI is InChI=1S/C31H28F2N2O4/c1-18-28(31(37)35-23-13-12-21(32)16-22(23)33)29(30-24(34-18)9-6-10-25(30)36)20-11-14-26(27(15-20)38-2)39-17-19-7-4-3-5-8-19/h3-5,7-8,11-16,28-29H,6,9-10,17H2,1-2H3,(H,35,37)/t28?,29-/m1/s1. The van der Waals surface area contributed by atoms with Gasteiger partial charge in [0.25, 0.3) is 0 Å². The summed E-state index contributed by atoms with van der Waals surface area (Å²) in [7, 11) is 1.53. The van der Waals surface area contributed by atoms with Crippen LogP contribution in [0.4, 0.5) is 14.5 Å². The van der Waals surface area contributed by atoms with Gasteiger partial charge in [0, 0.05) is 35.4 Å². The number of ether oxygens (including phenoxy) is 2. The van der Waals surface area contributed by atoms with Crippen LogP contribution in [0.25, 0.3) is 0 Å². The number of methoxy groups -OCH3 is 1. The molecular weight excluding hydrogens is 502 g/mol. The van der Waals surface area contributed by atoms with Crippen molar-refractivity contribution < 1.29 is 27.8 Å². The summed E-state index contributed by atoms with van der Waals surface area (Å²) >= 11 is 0. The molecule has 6 nitrogen and oxygen atoms in total. The van der Waals surface area contributed by atoms with Crippen molar-refractivity contribution in [3.05, 3.63) is 101 Å². The molecule has 39 heavy (non-hydrogen) atoms. The number of rotatable bonds is 7. The number of anilines is 1. The van der Waals surface area contributed by atoms with Crippen molar-refractivity contribution in [3.63, 3.8) is 0 Å². The van der Waals surface area contributed by atoms with Gasteiger partial charge < -0.3 is 14.8 Å². The molecule has 200 valence electrons. The first-order valence-corrected chi connectivity index (χ1v) is 12.8. The normalized spacial score (nSPS) is 18.8. The van der Waals surface area contributed by atoms with Gasteiger partial charge in [-0.1, -0.05) is 36.4 Å². The van der Waals surface area contributed by atoms with Crippen LogP contribution in [0.5, 0.6) is 11.5 Å². The zero-order valence-corrected chi connectivity index (χ0v) is 21.7. The SMILES string of the molecule is COc1cc([C@H]2C3=C(CCCC3=O)N=C(C)C2C(=O)Nc2ccc(F)cc2F)ccc1OCc1ccccc1. The number of carbonyl (C=O) groups is 2. The van der Waals surface area contributed by atoms with E-state index in [0.29, 0.717) is 66.0 Å². The molecule has 8 heteroatoms. The van der Waals surface area contributed by atoms with E-state index in [2.05, 4.69) is 10.3 Å². The third-order valence-electron chi connectivity index (χ3n) is 7.09. The molecule has 2 atom stereocenters. The average molecular weight is 531 g/mol. The maximum absolute atomic E-state index is 14.4. The zero-order valence-electron chi connectivity index (χ0n) is 21.7. The number of hydrogen-bond donors (Lipinski definition) is 1. The summed E-state index contributed by atoms with van der Waals surface area (Å²) in [6, 6.07) is 18.0. The smallest absolute Gasteiger partial charge is 0.234 e. The lowest BCUT2D eigenvalue weighted by Crippen LogP contribution is -2.39. The molecular formula is C31H28F2N2O4. The highest BCUT2D eigenvalue weighted by Gasteiger charge is 2.42. The summed E-state index contributed by atoms with van der Waals surface area (Å²) in [5.41, 5.74) is 3.20. The number of ketones is 1. The number of carbonyl (C=O) groups excluding carboxylic acids is 2. The Labute approximate surface area is 225 Å². The molecule has 1 unspecified atom stereocenters. The highest BCUT2D eigenvalue weighted by molar-refractivity contribution is 6.13. The van der Waals surface area contributed by atoms with Crippen molar-refractivity contribution in [2.75, 3.05) is 12.4 Å². The van der Waals surface area contributed by atoms with Gasteiger partial charge in [0.05, 0.1) is 18.7 Å². The first-order chi connectivity index (χ1) is 18.9. The Morgan fingerprint density at radius 2 is 1.82 bits per heavy atom. The fraction of sp³-hybridized carbons (Fsp3) is 0.258. The molecule has 1 aliphatic heterocycles. The number of allylic oxidation sites excluding steroid dienone is 2. The molecule has 2 aliphatic rings. The lowest BCUT2D eigenvalue weighted by molar-refractivity contribution is -0.119. The third-order valence-corrected chi connectivity index (χ3v) is 7.09. The van der Waals surface area contributed by atoms with Crippen LogP contribution in [-0.4, -0.2) is 24.5 Å². The molecule has 0 bridgehead atoms. The van der Waals surface area contributed by atoms with Gasteiger partial charge in [0.2, 0.25) is 5.91 Å². The van der Waals surface area contributed by atoms with Crippen molar-refractivity contribution in [2.45, 2.75) is 38.7 Å². The second-order valence-electron chi connectivity index (χ2n) is 9.64. The van der Waals surface area contributed by atoms with Crippen molar-refractivity contribution in [1.29, 1.82) is 0 Å². The summed E-state index contributed by atoms with van der Waals surface area (Å²) in [5.74, 6) is -2.82. The summed E-state index contributed by atoms with van der Waals surface area (Å²) in [5, 5.41) is 2.57. The predicted molar refractivity (Wildman–Crippen MR) is 144 cm³/mol. The van der Waals surface area contributed by atoms with Gasteiger partial charge >= 0.3 is 0 Å². The number of nitrogens with zero attached hydrogens (tertiary/aromatic N) is 1. The number of amides is 1. The van der Waals surface area contributed by atoms with Crippen molar-refractivity contribution >= 4 is 23.1 Å². The summed E-state index contributed by atoms with van der Waals surface area (Å²) in [6.45, 7) is 2.07. The van der Waals surface area contributed by atoms with E-state index in [4.69, 9.17) is 9.47 Å². The van der Waals surface area contributed by atoms with Crippen LogP contribution in [0, 0.1) is 17.6 Å². The number of hydrogen-bond acceptors (Lipinski definition) is 5. The molecule has 0 spiro atoms. The Kier molecular flexibility index (Phi) is 7.54. The van der Waals surface area contributed by atoms with Crippen LogP contribution >= 0.6 is 0 Å². The topological polar surface area (TPSA) is 77.0 Å². The Morgan fingerprint density at radius 3 is 2.56 bits per heavy atom. The van der Waals surface area contributed by atoms with E-state index < -0.39 is 29.4 Å². The summed E-state index contributed by atoms with van der Waals surface area (Å²) < 4.78 is 39.5. The Balaban J connectivity index is 1.51. The van der Waals surface area contributed by atoms with Gasteiger partial charge in [-0.15, -0.1) is 0 Å². The van der Waals surface area contributed by atoms with Crippen molar-refractivity contribution in [3.8, 4) is 11.5 Å². The van der Waals surface area contributed by atoms with Gasteiger partial charge in [0.1, 0.15) is 18.2 Å². The minimum atomic E-state index is -0.893. The van der Waals surface area contributed by atoms with Crippen LogP contribution in [0.3, 0.4) is 0 Å². The number of benzene rings is 3. The molecule has 1 aliphatic carbocycles. The zero-order chi connectivity index (χ0) is 27.5. The molecule has 0 aromatic heterocycles. The Hall–Kier alpha value is -4.33. The Morgan fingerprint density at radius 1 is 1.03 bits per heavy atom. The third kappa shape index (κ3) is 5.46. The van der Waals surface area contributed by atoms with Gasteiger partial charge in [-0.05, 0) is 55.2 Å². The fourth-order valence-corrected chi connectivity index (χ4v) is 5.24. The van der Waals surface area contributed by atoms with E-state index in [9.17, 15) is 18.4 Å². The van der Waals surface area contributed by atoms with Gasteiger partial charge in [-0.25, -0.2) is 8.78 Å². The second-order valence-corrected chi connectivity index (χ2v) is 9.64. The highest BCUT2D eigenvalue weighted by Crippen LogP contribution is 2.45. The number of halogens is 2. The molecule has 0 saturated carbocycles. The molecule has 1 heterocycles. The Bertz CT molecular complexity index is 1480. The lowest BCUT2D eigenvalue weighted by Gasteiger charge is -2.35. The van der Waals surface area contributed by atoms with Crippen LogP contribution < -0.4 is 14.8 Å². The largest absolute Gasteiger partial charge is 0.493 e. The van der Waals surface area contributed by atoms with E-state index in [0.717, 1.165) is 11.6 Å². The molecule has 1 N–H and O–H groups in total. The highest BCUT2D eigenvalue weighted by atomic mass is 19.1. The minimum Gasteiger partial charge on any atom is -0.493 e. The molecule has 3 aromatic carbocycles. The fourth-order valence-electron chi connectivity index (χ4n) is 5.24. The van der Waals surface area contributed by atoms with Gasteiger partial charge in [0.15, 0.2) is 17.3 Å². The lowest BCUT2D eigenvalue weighted by atomic mass is 9.71. The number of aliphatic imine (C=N–C) groups is 1. The monoisotopic (exact) mass is 530 g/mol. The van der Waals surface area contributed by atoms with Crippen LogP contribution in [0.2, 0.25) is 0 Å². The van der Waals surface area contributed by atoms with Crippen LogP contribution in [0.1, 0.15) is 43.2 Å². The molecule has 0 saturated heterocycles. The van der Waals surface area contributed by atoms with Crippen molar-refractivity contribution in [1.82, 2.24) is 0 Å². The molecule has 5 rings (SSSR count). The average Bonchev–Trinajstić information content (AvgIpc) is 2.93. The van der Waals surface area contributed by atoms with E-state index in [-0.39, 0.29) is 11.5 Å². The molecule has 0 fully saturated rings. The van der Waals surface area contributed by atoms with E-state index in [1.54, 1.807) is 19.1 Å². The van der Waals surface area contributed by atoms with Gasteiger partial charge in [-0.3, -0.25) is 14.6 Å². The second kappa shape index (κ2) is 11.2. The predicted octanol–water partition coefficient (Wildman–Crippen LogP) is 6.37. The number of nitrogens with one attached hydrogen (secondary N) is 1. The quantitative estimate of drug-likeness (QED) is 0.385. The van der Waals surface area contributed by atoms with Gasteiger partial charge in [-0.2, -0.15) is 0 Å². The van der Waals surface area contributed by atoms with E-state index in [1.165, 1.54) is 13.2 Å². The maximum Gasteiger partial charge on any atom is 0.234 e. The first-order valence-electron chi connectivity index (χ1n) is 12.8. The number of Topliss-reactive ketones (excluding diaryl/α,β-unsaturated/α-hetero) is 1. The summed E-state index contributed by atoms with van der Waals surface area (Å²) in [6.07, 6.45) is 1.68. The maximum atomic E-state index is 14.4. The van der Waals surface area contributed by atoms with E-state index >= 15 is 0 Å². The minimum absolute atomic E-state index is 0.0633. The van der Waals surface area contributed by atoms with Crippen LogP contribution in [0.15, 0.2) is 83.0 Å². The molecule has 3 aromatic rings. The molecule has 0 radical (unpaired) electrons. The van der Waals surface area contributed by atoms with Crippen molar-refractivity contribution in [2.24, 2.45) is 10.9 Å². The first kappa shape index (κ1) is 26.3. The summed E-state index contributed by atoms with van der Waals surface area (Å²) in [4.78, 5) is 31.5. The molecule has 1 amide bonds. The van der Waals surface area contributed by atoms with E-state index in [1.807, 2.05) is 36.4 Å².